The first-order chi connectivity index (χ1) is 10.1. The van der Waals surface area contributed by atoms with Crippen molar-refractivity contribution in [3.05, 3.63) is 63.7 Å². The Bertz CT molecular complexity index is 607. The highest BCUT2D eigenvalue weighted by atomic mass is 35.5. The van der Waals surface area contributed by atoms with Gasteiger partial charge in [-0.15, -0.1) is 0 Å². The van der Waals surface area contributed by atoms with E-state index in [9.17, 15) is 0 Å². The predicted molar refractivity (Wildman–Crippen MR) is 89.4 cm³/mol. The van der Waals surface area contributed by atoms with E-state index in [2.05, 4.69) is 44.3 Å². The smallest absolute Gasteiger partial charge is 0.118 e. The van der Waals surface area contributed by atoms with E-state index in [4.69, 9.17) is 16.3 Å². The van der Waals surface area contributed by atoms with E-state index in [1.54, 1.807) is 7.11 Å². The minimum absolute atomic E-state index is 0.0905. The zero-order chi connectivity index (χ0) is 15.4. The van der Waals surface area contributed by atoms with E-state index < -0.39 is 0 Å². The molecule has 0 heterocycles. The van der Waals surface area contributed by atoms with E-state index in [0.717, 1.165) is 22.9 Å². The van der Waals surface area contributed by atoms with Gasteiger partial charge in [0.15, 0.2) is 0 Å². The molecule has 2 aromatic rings. The summed E-state index contributed by atoms with van der Waals surface area (Å²) in [4.78, 5) is 0. The zero-order valence-electron chi connectivity index (χ0n) is 13.0. The molecule has 0 bridgehead atoms. The van der Waals surface area contributed by atoms with Gasteiger partial charge in [-0.2, -0.15) is 0 Å². The molecule has 0 radical (unpaired) electrons. The molecule has 0 amide bonds. The first kappa shape index (κ1) is 15.9. The second-order valence-corrected chi connectivity index (χ2v) is 5.63. The van der Waals surface area contributed by atoms with Gasteiger partial charge in [0.05, 0.1) is 13.2 Å². The van der Waals surface area contributed by atoms with Gasteiger partial charge in [-0.3, -0.25) is 0 Å². The van der Waals surface area contributed by atoms with Crippen LogP contribution in [0, 0.1) is 13.8 Å². The number of nitrogens with one attached hydrogen (secondary N) is 1. The second kappa shape index (κ2) is 6.97. The first-order valence-corrected chi connectivity index (χ1v) is 7.58. The third-order valence-corrected chi connectivity index (χ3v) is 4.11. The van der Waals surface area contributed by atoms with Crippen LogP contribution < -0.4 is 10.1 Å². The lowest BCUT2D eigenvalue weighted by atomic mass is 9.95. The molecule has 2 nitrogen and oxygen atoms in total. The molecular weight excluding hydrogens is 282 g/mol. The number of benzene rings is 2. The summed E-state index contributed by atoms with van der Waals surface area (Å²) in [6.07, 6.45) is 0. The Labute approximate surface area is 132 Å². The van der Waals surface area contributed by atoms with Gasteiger partial charge in [-0.25, -0.2) is 0 Å². The number of halogens is 1. The maximum absolute atomic E-state index is 6.48. The van der Waals surface area contributed by atoms with Crippen LogP contribution in [-0.4, -0.2) is 13.7 Å². The van der Waals surface area contributed by atoms with Crippen molar-refractivity contribution in [3.63, 3.8) is 0 Å². The number of aryl methyl sites for hydroxylation is 2. The molecule has 1 N–H and O–H groups in total. The van der Waals surface area contributed by atoms with Gasteiger partial charge in [-0.05, 0) is 60.8 Å². The normalized spacial score (nSPS) is 12.2. The van der Waals surface area contributed by atoms with Crippen molar-refractivity contribution in [2.24, 2.45) is 0 Å². The van der Waals surface area contributed by atoms with Crippen LogP contribution in [0.25, 0.3) is 0 Å². The van der Waals surface area contributed by atoms with Crippen molar-refractivity contribution in [3.8, 4) is 5.75 Å². The highest BCUT2D eigenvalue weighted by Crippen LogP contribution is 2.31. The van der Waals surface area contributed by atoms with Crippen LogP contribution in [0.4, 0.5) is 0 Å². The predicted octanol–water partition coefficient (Wildman–Crippen LogP) is 4.66. The molecule has 0 aliphatic carbocycles. The summed E-state index contributed by atoms with van der Waals surface area (Å²) in [6.45, 7) is 7.18. The van der Waals surface area contributed by atoms with Crippen LogP contribution >= 0.6 is 11.6 Å². The summed E-state index contributed by atoms with van der Waals surface area (Å²) in [5.41, 5.74) is 4.77. The molecule has 0 spiro atoms. The maximum Gasteiger partial charge on any atom is 0.118 e. The fourth-order valence-electron chi connectivity index (χ4n) is 2.43. The average molecular weight is 304 g/mol. The molecule has 0 fully saturated rings. The molecule has 2 rings (SSSR count). The number of hydrogen-bond acceptors (Lipinski definition) is 2. The molecule has 1 unspecified atom stereocenters. The lowest BCUT2D eigenvalue weighted by molar-refractivity contribution is 0.414. The van der Waals surface area contributed by atoms with Gasteiger partial charge in [0.25, 0.3) is 0 Å². The van der Waals surface area contributed by atoms with Gasteiger partial charge < -0.3 is 10.1 Å². The largest absolute Gasteiger partial charge is 0.497 e. The summed E-state index contributed by atoms with van der Waals surface area (Å²) in [6, 6.07) is 12.4. The molecule has 0 aliphatic heterocycles. The van der Waals surface area contributed by atoms with Crippen molar-refractivity contribution in [2.45, 2.75) is 26.8 Å². The van der Waals surface area contributed by atoms with E-state index in [1.165, 1.54) is 16.7 Å². The molecule has 21 heavy (non-hydrogen) atoms. The molecule has 2 aromatic carbocycles. The zero-order valence-corrected chi connectivity index (χ0v) is 13.8. The Morgan fingerprint density at radius 2 is 1.71 bits per heavy atom. The summed E-state index contributed by atoms with van der Waals surface area (Å²) < 4.78 is 5.23. The lowest BCUT2D eigenvalue weighted by Gasteiger charge is -2.21. The molecule has 0 saturated heterocycles. The molecule has 3 heteroatoms. The number of hydrogen-bond donors (Lipinski definition) is 1. The molecule has 112 valence electrons. The minimum atomic E-state index is 0.0905. The van der Waals surface area contributed by atoms with Crippen LogP contribution in [-0.2, 0) is 0 Å². The lowest BCUT2D eigenvalue weighted by Crippen LogP contribution is -2.22. The summed E-state index contributed by atoms with van der Waals surface area (Å²) in [5, 5.41) is 4.32. The Hall–Kier alpha value is -1.51. The quantitative estimate of drug-likeness (QED) is 0.867. The third kappa shape index (κ3) is 3.58. The number of methoxy groups -OCH3 is 1. The molecule has 0 aliphatic rings. The minimum Gasteiger partial charge on any atom is -0.497 e. The van der Waals surface area contributed by atoms with Crippen LogP contribution in [0.5, 0.6) is 5.75 Å². The van der Waals surface area contributed by atoms with Crippen molar-refractivity contribution in [2.75, 3.05) is 13.7 Å². The molecule has 0 saturated carbocycles. The number of rotatable bonds is 5. The second-order valence-electron chi connectivity index (χ2n) is 5.22. The topological polar surface area (TPSA) is 21.3 Å². The van der Waals surface area contributed by atoms with Gasteiger partial charge >= 0.3 is 0 Å². The van der Waals surface area contributed by atoms with Crippen LogP contribution in [0.2, 0.25) is 5.02 Å². The van der Waals surface area contributed by atoms with E-state index in [0.29, 0.717) is 0 Å². The molecule has 0 aromatic heterocycles. The van der Waals surface area contributed by atoms with E-state index in [-0.39, 0.29) is 6.04 Å². The summed E-state index contributed by atoms with van der Waals surface area (Å²) in [5.74, 6) is 0.861. The number of ether oxygens (including phenoxy) is 1. The van der Waals surface area contributed by atoms with Crippen molar-refractivity contribution in [1.29, 1.82) is 0 Å². The van der Waals surface area contributed by atoms with Crippen molar-refractivity contribution >= 4 is 11.6 Å². The fourth-order valence-corrected chi connectivity index (χ4v) is 2.76. The van der Waals surface area contributed by atoms with Gasteiger partial charge in [0.2, 0.25) is 0 Å². The molecular formula is C18H22ClNO. The first-order valence-electron chi connectivity index (χ1n) is 7.20. The highest BCUT2D eigenvalue weighted by molar-refractivity contribution is 6.31. The average Bonchev–Trinajstić information content (AvgIpc) is 2.49. The van der Waals surface area contributed by atoms with Crippen LogP contribution in [0.3, 0.4) is 0 Å². The van der Waals surface area contributed by atoms with E-state index in [1.807, 2.05) is 18.2 Å². The van der Waals surface area contributed by atoms with Crippen molar-refractivity contribution in [1.82, 2.24) is 5.32 Å². The molecule has 1 atom stereocenters. The Morgan fingerprint density at radius 1 is 1.10 bits per heavy atom. The summed E-state index contributed by atoms with van der Waals surface area (Å²) in [7, 11) is 1.68. The summed E-state index contributed by atoms with van der Waals surface area (Å²) >= 11 is 6.48. The fraction of sp³-hybridized carbons (Fsp3) is 0.333. The van der Waals surface area contributed by atoms with Gasteiger partial charge in [0, 0.05) is 5.02 Å². The van der Waals surface area contributed by atoms with Gasteiger partial charge in [0.1, 0.15) is 5.75 Å². The maximum atomic E-state index is 6.48. The van der Waals surface area contributed by atoms with Gasteiger partial charge in [-0.1, -0.05) is 36.7 Å². The van der Waals surface area contributed by atoms with Crippen LogP contribution in [0.15, 0.2) is 36.4 Å². The SMILES string of the molecule is CCNC(c1ccc(OC)cc1)c1cc(C)c(C)cc1Cl. The van der Waals surface area contributed by atoms with Crippen LogP contribution in [0.1, 0.15) is 35.2 Å². The Morgan fingerprint density at radius 3 is 2.29 bits per heavy atom. The van der Waals surface area contributed by atoms with Crippen molar-refractivity contribution < 1.29 is 4.74 Å². The Kier molecular flexibility index (Phi) is 5.27. The highest BCUT2D eigenvalue weighted by Gasteiger charge is 2.17. The Balaban J connectivity index is 2.44. The van der Waals surface area contributed by atoms with E-state index >= 15 is 0 Å². The standard InChI is InChI=1S/C18H22ClNO/c1-5-20-18(14-6-8-15(21-4)9-7-14)16-10-12(2)13(3)11-17(16)19/h6-11,18,20H,5H2,1-4H3. The monoisotopic (exact) mass is 303 g/mol. The third-order valence-electron chi connectivity index (χ3n) is 3.78.